The largest absolute Gasteiger partial charge is 0.481 e. The van der Waals surface area contributed by atoms with Crippen molar-refractivity contribution in [1.82, 2.24) is 4.89 Å². The van der Waals surface area contributed by atoms with Gasteiger partial charge in [-0.15, -0.1) is 0 Å². The first kappa shape index (κ1) is 14.1. The van der Waals surface area contributed by atoms with Gasteiger partial charge in [0, 0.05) is 0 Å². The van der Waals surface area contributed by atoms with E-state index in [1.165, 1.54) is 4.89 Å². The van der Waals surface area contributed by atoms with Crippen molar-refractivity contribution in [3.05, 3.63) is 30.1 Å². The number of aliphatic carboxylic acids is 1. The number of rotatable bonds is 5. The molecule has 1 rings (SSSR count). The lowest BCUT2D eigenvalue weighted by Gasteiger charge is -2.05. The van der Waals surface area contributed by atoms with Crippen molar-refractivity contribution < 1.29 is 32.3 Å². The number of hydrogen-bond donors (Lipinski definition) is 2. The van der Waals surface area contributed by atoms with Crippen LogP contribution in [-0.4, -0.2) is 25.5 Å². The second-order valence-corrected chi connectivity index (χ2v) is 4.73. The number of halogens is 1. The highest BCUT2D eigenvalue weighted by atomic mass is 32.2. The van der Waals surface area contributed by atoms with E-state index in [1.807, 2.05) is 0 Å². The van der Waals surface area contributed by atoms with Crippen molar-refractivity contribution in [3.63, 3.8) is 0 Å². The molecule has 9 heteroatoms. The van der Waals surface area contributed by atoms with Crippen LogP contribution in [-0.2, 0) is 24.4 Å². The lowest BCUT2D eigenvalue weighted by atomic mass is 10.4. The minimum Gasteiger partial charge on any atom is -0.481 e. The van der Waals surface area contributed by atoms with Gasteiger partial charge in [0.15, 0.2) is 0 Å². The van der Waals surface area contributed by atoms with Crippen LogP contribution in [0.5, 0.6) is 0 Å². The third-order valence-electron chi connectivity index (χ3n) is 1.68. The number of carbonyl (C=O) groups excluding carboxylic acids is 1. The molecule has 2 N–H and O–H groups in total. The predicted molar refractivity (Wildman–Crippen MR) is 55.1 cm³/mol. The van der Waals surface area contributed by atoms with Crippen molar-refractivity contribution in [1.29, 1.82) is 0 Å². The number of nitrogens with one attached hydrogen (secondary N) is 1. The first-order valence-electron chi connectivity index (χ1n) is 4.50. The standard InChI is InChI=1S/C9H8FNO6S/c10-6-1-3-7(4-2-6)18(15,16)11-17-9(14)5-8(12)13/h1-4,11H,5H2,(H,12,13). The summed E-state index contributed by atoms with van der Waals surface area (Å²) < 4.78 is 35.5. The molecule has 0 saturated carbocycles. The van der Waals surface area contributed by atoms with Crippen LogP contribution in [0.2, 0.25) is 0 Å². The maximum Gasteiger partial charge on any atom is 0.337 e. The molecule has 1 aromatic carbocycles. The quantitative estimate of drug-likeness (QED) is 0.580. The average molecular weight is 277 g/mol. The van der Waals surface area contributed by atoms with Gasteiger partial charge in [-0.3, -0.25) is 4.79 Å². The lowest BCUT2D eigenvalue weighted by molar-refractivity contribution is -0.153. The van der Waals surface area contributed by atoms with E-state index < -0.39 is 34.2 Å². The van der Waals surface area contributed by atoms with E-state index in [0.29, 0.717) is 0 Å². The van der Waals surface area contributed by atoms with Crippen molar-refractivity contribution in [2.45, 2.75) is 11.3 Å². The Kier molecular flexibility index (Phi) is 4.34. The third-order valence-corrected chi connectivity index (χ3v) is 2.88. The molecular formula is C9H8FNO6S. The second kappa shape index (κ2) is 5.56. The normalized spacial score (nSPS) is 10.9. The maximum absolute atomic E-state index is 12.6. The summed E-state index contributed by atoms with van der Waals surface area (Å²) in [6.45, 7) is 0. The molecule has 0 amide bonds. The molecule has 7 nitrogen and oxygen atoms in total. The van der Waals surface area contributed by atoms with Gasteiger partial charge in [-0.2, -0.15) is 0 Å². The summed E-state index contributed by atoms with van der Waals surface area (Å²) in [5.41, 5.74) is 0. The minimum absolute atomic E-state index is 0.327. The number of sulfonamides is 1. The van der Waals surface area contributed by atoms with E-state index in [9.17, 15) is 22.4 Å². The van der Waals surface area contributed by atoms with Crippen LogP contribution in [0.25, 0.3) is 0 Å². The van der Waals surface area contributed by atoms with Crippen LogP contribution in [0.1, 0.15) is 6.42 Å². The van der Waals surface area contributed by atoms with Gasteiger partial charge in [0.25, 0.3) is 10.0 Å². The highest BCUT2D eigenvalue weighted by Gasteiger charge is 2.17. The molecule has 0 atom stereocenters. The lowest BCUT2D eigenvalue weighted by Crippen LogP contribution is -2.28. The second-order valence-electron chi connectivity index (χ2n) is 3.09. The summed E-state index contributed by atoms with van der Waals surface area (Å²) >= 11 is 0. The van der Waals surface area contributed by atoms with Crippen LogP contribution in [0.3, 0.4) is 0 Å². The van der Waals surface area contributed by atoms with E-state index >= 15 is 0 Å². The molecule has 0 radical (unpaired) electrons. The smallest absolute Gasteiger partial charge is 0.337 e. The molecule has 98 valence electrons. The zero-order valence-corrected chi connectivity index (χ0v) is 9.61. The zero-order chi connectivity index (χ0) is 13.8. The fourth-order valence-electron chi connectivity index (χ4n) is 0.923. The van der Waals surface area contributed by atoms with E-state index in [1.54, 1.807) is 0 Å². The number of benzene rings is 1. The Morgan fingerprint density at radius 1 is 1.28 bits per heavy atom. The number of carboxylic acid groups (broad SMARTS) is 1. The topological polar surface area (TPSA) is 110 Å². The molecule has 1 aromatic rings. The summed E-state index contributed by atoms with van der Waals surface area (Å²) in [5, 5.41) is 8.24. The van der Waals surface area contributed by atoms with Gasteiger partial charge in [0.1, 0.15) is 12.2 Å². The Morgan fingerprint density at radius 2 is 1.83 bits per heavy atom. The van der Waals surface area contributed by atoms with Crippen LogP contribution in [0, 0.1) is 5.82 Å². The highest BCUT2D eigenvalue weighted by molar-refractivity contribution is 7.89. The van der Waals surface area contributed by atoms with Crippen molar-refractivity contribution in [2.24, 2.45) is 0 Å². The van der Waals surface area contributed by atoms with Gasteiger partial charge in [-0.25, -0.2) is 17.6 Å². The number of hydrogen-bond acceptors (Lipinski definition) is 5. The average Bonchev–Trinajstić information content (AvgIpc) is 2.26. The molecule has 0 saturated heterocycles. The van der Waals surface area contributed by atoms with E-state index in [4.69, 9.17) is 5.11 Å². The fourth-order valence-corrected chi connectivity index (χ4v) is 1.72. The number of carbonyl (C=O) groups is 2. The monoisotopic (exact) mass is 277 g/mol. The van der Waals surface area contributed by atoms with Crippen molar-refractivity contribution in [2.75, 3.05) is 0 Å². The molecular weight excluding hydrogens is 269 g/mol. The molecule has 0 spiro atoms. The fraction of sp³-hybridized carbons (Fsp3) is 0.111. The Bertz CT molecular complexity index is 553. The Hall–Kier alpha value is -2.00. The molecule has 0 heterocycles. The first-order chi connectivity index (χ1) is 8.31. The van der Waals surface area contributed by atoms with Crippen molar-refractivity contribution >= 4 is 22.0 Å². The molecule has 0 aromatic heterocycles. The van der Waals surface area contributed by atoms with Crippen LogP contribution >= 0.6 is 0 Å². The van der Waals surface area contributed by atoms with Gasteiger partial charge in [-0.1, -0.05) is 0 Å². The van der Waals surface area contributed by atoms with Crippen LogP contribution < -0.4 is 4.89 Å². The summed E-state index contributed by atoms with van der Waals surface area (Å²) in [6, 6.07) is 3.74. The molecule has 0 unspecified atom stereocenters. The van der Waals surface area contributed by atoms with Crippen molar-refractivity contribution in [3.8, 4) is 0 Å². The molecule has 0 fully saturated rings. The zero-order valence-electron chi connectivity index (χ0n) is 8.79. The molecule has 18 heavy (non-hydrogen) atoms. The Labute approximate surface area is 101 Å². The summed E-state index contributed by atoms with van der Waals surface area (Å²) in [6.07, 6.45) is -0.980. The third kappa shape index (κ3) is 4.11. The first-order valence-corrected chi connectivity index (χ1v) is 5.98. The predicted octanol–water partition coefficient (Wildman–Crippen LogP) is 0.0369. The van der Waals surface area contributed by atoms with Gasteiger partial charge in [0.2, 0.25) is 0 Å². The van der Waals surface area contributed by atoms with Gasteiger partial charge in [-0.05, 0) is 29.2 Å². The highest BCUT2D eigenvalue weighted by Crippen LogP contribution is 2.09. The Morgan fingerprint density at radius 3 is 2.33 bits per heavy atom. The van der Waals surface area contributed by atoms with E-state index in [-0.39, 0.29) is 4.90 Å². The van der Waals surface area contributed by atoms with Gasteiger partial charge in [0.05, 0.1) is 4.90 Å². The van der Waals surface area contributed by atoms with Gasteiger partial charge >= 0.3 is 11.9 Å². The molecule has 0 aliphatic rings. The van der Waals surface area contributed by atoms with Gasteiger partial charge < -0.3 is 9.94 Å². The van der Waals surface area contributed by atoms with E-state index in [2.05, 4.69) is 4.84 Å². The SMILES string of the molecule is O=C(O)CC(=O)ONS(=O)(=O)c1ccc(F)cc1. The maximum atomic E-state index is 12.6. The van der Waals surface area contributed by atoms with Crippen LogP contribution in [0.15, 0.2) is 29.2 Å². The van der Waals surface area contributed by atoms with Crippen LogP contribution in [0.4, 0.5) is 4.39 Å². The minimum atomic E-state index is -4.16. The summed E-state index contributed by atoms with van der Waals surface area (Å²) in [5.74, 6) is -3.36. The summed E-state index contributed by atoms with van der Waals surface area (Å²) in [7, 11) is -4.16. The summed E-state index contributed by atoms with van der Waals surface area (Å²) in [4.78, 5) is 26.1. The molecule has 0 aliphatic carbocycles. The van der Waals surface area contributed by atoms with E-state index in [0.717, 1.165) is 24.3 Å². The molecule has 0 aliphatic heterocycles. The Balaban J connectivity index is 2.68. The molecule has 0 bridgehead atoms. The number of carboxylic acids is 1.